The molecule has 1 fully saturated rings. The van der Waals surface area contributed by atoms with E-state index in [-0.39, 0.29) is 0 Å². The molecule has 134 valence electrons. The minimum Gasteiger partial charge on any atom is -0.473 e. The minimum atomic E-state index is -1.82. The molecule has 1 aliphatic heterocycles. The van der Waals surface area contributed by atoms with Crippen molar-refractivity contribution < 1.29 is 19.8 Å². The lowest BCUT2D eigenvalue weighted by atomic mass is 10.1. The van der Waals surface area contributed by atoms with Gasteiger partial charge in [-0.25, -0.2) is 9.59 Å². The van der Waals surface area contributed by atoms with Crippen molar-refractivity contribution in [3.8, 4) is 0 Å². The molecule has 1 aromatic rings. The maximum Gasteiger partial charge on any atom is 0.414 e. The molecule has 2 N–H and O–H groups in total. The van der Waals surface area contributed by atoms with Gasteiger partial charge >= 0.3 is 11.9 Å². The van der Waals surface area contributed by atoms with Crippen LogP contribution in [0.25, 0.3) is 0 Å². The topological polar surface area (TPSA) is 81.1 Å². The Morgan fingerprint density at radius 2 is 1.75 bits per heavy atom. The first-order chi connectivity index (χ1) is 11.3. The molecule has 0 aliphatic carbocycles. The van der Waals surface area contributed by atoms with E-state index >= 15 is 0 Å². The summed E-state index contributed by atoms with van der Waals surface area (Å²) >= 11 is 6.02. The summed E-state index contributed by atoms with van der Waals surface area (Å²) in [6.45, 7) is 10.3. The number of hydrogen-bond acceptors (Lipinski definition) is 4. The number of halogens is 1. The smallest absolute Gasteiger partial charge is 0.414 e. The second kappa shape index (κ2) is 10.3. The average molecular weight is 357 g/mol. The summed E-state index contributed by atoms with van der Waals surface area (Å²) in [6.07, 6.45) is 1.24. The summed E-state index contributed by atoms with van der Waals surface area (Å²) in [5.41, 5.74) is 1.32. The Kier molecular flexibility index (Phi) is 8.74. The van der Waals surface area contributed by atoms with Crippen molar-refractivity contribution >= 4 is 23.5 Å². The summed E-state index contributed by atoms with van der Waals surface area (Å²) in [4.78, 5) is 23.3. The lowest BCUT2D eigenvalue weighted by molar-refractivity contribution is -0.159. The molecule has 1 saturated heterocycles. The zero-order valence-electron chi connectivity index (χ0n) is 14.1. The van der Waals surface area contributed by atoms with Crippen LogP contribution in [0.3, 0.4) is 0 Å². The Labute approximate surface area is 147 Å². The van der Waals surface area contributed by atoms with Crippen LogP contribution in [-0.4, -0.2) is 64.2 Å². The fourth-order valence-electron chi connectivity index (χ4n) is 2.51. The van der Waals surface area contributed by atoms with Crippen molar-refractivity contribution in [2.75, 3.05) is 26.2 Å². The van der Waals surface area contributed by atoms with Crippen molar-refractivity contribution in [2.24, 2.45) is 0 Å². The highest BCUT2D eigenvalue weighted by Crippen LogP contribution is 2.15. The van der Waals surface area contributed by atoms with Crippen LogP contribution < -0.4 is 0 Å². The lowest BCUT2D eigenvalue weighted by Gasteiger charge is -2.37. The third-order valence-electron chi connectivity index (χ3n) is 4.10. The molecule has 7 heteroatoms. The largest absolute Gasteiger partial charge is 0.473 e. The summed E-state index contributed by atoms with van der Waals surface area (Å²) in [5, 5.41) is 15.6. The van der Waals surface area contributed by atoms with E-state index in [0.29, 0.717) is 0 Å². The quantitative estimate of drug-likeness (QED) is 0.806. The van der Waals surface area contributed by atoms with Gasteiger partial charge in [0.15, 0.2) is 0 Å². The SMILES string of the molecule is CCC(C)N1CCN(Cc2cccc(Cl)c2)CC1.O=C(O)C(=O)O. The first-order valence-electron chi connectivity index (χ1n) is 8.00. The van der Waals surface area contributed by atoms with Gasteiger partial charge in [-0.3, -0.25) is 9.80 Å². The molecule has 1 aliphatic rings. The first-order valence-corrected chi connectivity index (χ1v) is 8.38. The standard InChI is InChI=1S/C15H23ClN2.C2H2O4/c1-3-13(2)18-9-7-17(8-10-18)12-14-5-4-6-15(16)11-14;3-1(4)2(5)6/h4-6,11,13H,3,7-10,12H2,1-2H3;(H,3,4)(H,5,6). The molecule has 1 aromatic carbocycles. The maximum absolute atomic E-state index is 9.10. The van der Waals surface area contributed by atoms with Gasteiger partial charge in [-0.1, -0.05) is 30.7 Å². The molecule has 0 aromatic heterocycles. The highest BCUT2D eigenvalue weighted by Gasteiger charge is 2.19. The number of carboxylic acids is 2. The Morgan fingerprint density at radius 3 is 2.21 bits per heavy atom. The Balaban J connectivity index is 0.000000413. The van der Waals surface area contributed by atoms with E-state index in [9.17, 15) is 0 Å². The second-order valence-electron chi connectivity index (χ2n) is 5.81. The molecule has 2 rings (SSSR count). The van der Waals surface area contributed by atoms with Gasteiger partial charge in [0, 0.05) is 43.8 Å². The molecule has 1 heterocycles. The Hall–Kier alpha value is -1.63. The van der Waals surface area contributed by atoms with E-state index in [2.05, 4.69) is 35.8 Å². The van der Waals surface area contributed by atoms with Crippen LogP contribution in [0.5, 0.6) is 0 Å². The monoisotopic (exact) mass is 356 g/mol. The number of carbonyl (C=O) groups is 2. The highest BCUT2D eigenvalue weighted by atomic mass is 35.5. The Bertz CT molecular complexity index is 533. The lowest BCUT2D eigenvalue weighted by Crippen LogP contribution is -2.48. The predicted octanol–water partition coefficient (Wildman–Crippen LogP) is 2.41. The number of carboxylic acid groups (broad SMARTS) is 2. The number of benzene rings is 1. The van der Waals surface area contributed by atoms with Gasteiger partial charge in [0.1, 0.15) is 0 Å². The molecule has 0 radical (unpaired) electrons. The van der Waals surface area contributed by atoms with Crippen LogP contribution in [0.1, 0.15) is 25.8 Å². The van der Waals surface area contributed by atoms with E-state index < -0.39 is 11.9 Å². The third kappa shape index (κ3) is 7.29. The van der Waals surface area contributed by atoms with Gasteiger partial charge in [0.25, 0.3) is 0 Å². The van der Waals surface area contributed by atoms with Gasteiger partial charge in [-0.05, 0) is 31.0 Å². The maximum atomic E-state index is 9.10. The van der Waals surface area contributed by atoms with E-state index in [1.807, 2.05) is 12.1 Å². The summed E-state index contributed by atoms with van der Waals surface area (Å²) in [7, 11) is 0. The normalized spacial score (nSPS) is 16.8. The summed E-state index contributed by atoms with van der Waals surface area (Å²) in [5.74, 6) is -3.65. The molecule has 0 saturated carbocycles. The molecule has 24 heavy (non-hydrogen) atoms. The average Bonchev–Trinajstić information content (AvgIpc) is 2.55. The number of rotatable bonds is 4. The zero-order valence-corrected chi connectivity index (χ0v) is 14.9. The highest BCUT2D eigenvalue weighted by molar-refractivity contribution is 6.30. The van der Waals surface area contributed by atoms with Crippen LogP contribution >= 0.6 is 11.6 Å². The molecule has 0 amide bonds. The van der Waals surface area contributed by atoms with Crippen molar-refractivity contribution in [1.82, 2.24) is 9.80 Å². The van der Waals surface area contributed by atoms with Gasteiger partial charge in [0.2, 0.25) is 0 Å². The number of aliphatic carboxylic acids is 2. The van der Waals surface area contributed by atoms with Crippen molar-refractivity contribution in [3.63, 3.8) is 0 Å². The van der Waals surface area contributed by atoms with E-state index in [1.165, 1.54) is 25.1 Å². The number of hydrogen-bond donors (Lipinski definition) is 2. The molecule has 1 atom stereocenters. The summed E-state index contributed by atoms with van der Waals surface area (Å²) in [6, 6.07) is 8.92. The van der Waals surface area contributed by atoms with Gasteiger partial charge in [-0.2, -0.15) is 0 Å². The molecule has 1 unspecified atom stereocenters. The zero-order chi connectivity index (χ0) is 18.1. The van der Waals surface area contributed by atoms with Crippen LogP contribution in [0.15, 0.2) is 24.3 Å². The van der Waals surface area contributed by atoms with Crippen LogP contribution in [0.2, 0.25) is 5.02 Å². The van der Waals surface area contributed by atoms with Gasteiger partial charge in [-0.15, -0.1) is 0 Å². The van der Waals surface area contributed by atoms with E-state index in [0.717, 1.165) is 30.7 Å². The van der Waals surface area contributed by atoms with Crippen LogP contribution in [-0.2, 0) is 16.1 Å². The fourth-order valence-corrected chi connectivity index (χ4v) is 2.73. The summed E-state index contributed by atoms with van der Waals surface area (Å²) < 4.78 is 0. The van der Waals surface area contributed by atoms with Gasteiger partial charge < -0.3 is 10.2 Å². The molecule has 6 nitrogen and oxygen atoms in total. The fraction of sp³-hybridized carbons (Fsp3) is 0.529. The molecule has 0 spiro atoms. The molecular weight excluding hydrogens is 332 g/mol. The van der Waals surface area contributed by atoms with Gasteiger partial charge in [0.05, 0.1) is 0 Å². The van der Waals surface area contributed by atoms with Crippen LogP contribution in [0, 0.1) is 0 Å². The molecular formula is C17H25ClN2O4. The van der Waals surface area contributed by atoms with Crippen molar-refractivity contribution in [2.45, 2.75) is 32.9 Å². The second-order valence-corrected chi connectivity index (χ2v) is 6.25. The van der Waals surface area contributed by atoms with Crippen molar-refractivity contribution in [1.29, 1.82) is 0 Å². The predicted molar refractivity (Wildman–Crippen MR) is 93.3 cm³/mol. The van der Waals surface area contributed by atoms with E-state index in [1.54, 1.807) is 0 Å². The molecule has 0 bridgehead atoms. The van der Waals surface area contributed by atoms with E-state index in [4.69, 9.17) is 31.4 Å². The van der Waals surface area contributed by atoms with Crippen LogP contribution in [0.4, 0.5) is 0 Å². The Morgan fingerprint density at radius 1 is 1.17 bits per heavy atom. The first kappa shape index (κ1) is 20.4. The number of nitrogens with zero attached hydrogens (tertiary/aromatic N) is 2. The van der Waals surface area contributed by atoms with Crippen molar-refractivity contribution in [3.05, 3.63) is 34.9 Å². The third-order valence-corrected chi connectivity index (χ3v) is 4.33. The number of piperazine rings is 1. The minimum absolute atomic E-state index is 0.721.